The molecule has 96 valence electrons. The van der Waals surface area contributed by atoms with Gasteiger partial charge in [-0.15, -0.1) is 0 Å². The average molecular weight is 255 g/mol. The molecule has 0 aliphatic heterocycles. The molecule has 0 atom stereocenters. The predicted molar refractivity (Wildman–Crippen MR) is 72.3 cm³/mol. The maximum Gasteiger partial charge on any atom is 0.128 e. The maximum absolute atomic E-state index is 13.8. The van der Waals surface area contributed by atoms with Crippen molar-refractivity contribution in [1.82, 2.24) is 0 Å². The fourth-order valence-corrected chi connectivity index (χ4v) is 1.89. The van der Waals surface area contributed by atoms with E-state index >= 15 is 0 Å². The van der Waals surface area contributed by atoms with Gasteiger partial charge in [-0.3, -0.25) is 0 Å². The fraction of sp³-hybridized carbons (Fsp3) is 0.188. The van der Waals surface area contributed by atoms with Gasteiger partial charge in [0.15, 0.2) is 0 Å². The third kappa shape index (κ3) is 3.11. The van der Waals surface area contributed by atoms with E-state index in [0.29, 0.717) is 12.2 Å². The Morgan fingerprint density at radius 2 is 1.95 bits per heavy atom. The Labute approximate surface area is 112 Å². The topological polar surface area (TPSA) is 33.0 Å². The van der Waals surface area contributed by atoms with Gasteiger partial charge >= 0.3 is 0 Å². The molecular formula is C16H14FNO. The number of hydrogen-bond donors (Lipinski definition) is 0. The van der Waals surface area contributed by atoms with Crippen molar-refractivity contribution in [1.29, 1.82) is 5.26 Å². The number of halogens is 1. The van der Waals surface area contributed by atoms with Gasteiger partial charge < -0.3 is 4.74 Å². The van der Waals surface area contributed by atoms with Gasteiger partial charge in [0.1, 0.15) is 11.6 Å². The summed E-state index contributed by atoms with van der Waals surface area (Å²) in [6.45, 7) is 2.52. The second kappa shape index (κ2) is 6.01. The Kier molecular flexibility index (Phi) is 4.15. The lowest BCUT2D eigenvalue weighted by Crippen LogP contribution is -1.92. The summed E-state index contributed by atoms with van der Waals surface area (Å²) in [4.78, 5) is 0. The minimum absolute atomic E-state index is 0.0884. The first-order valence-electron chi connectivity index (χ1n) is 6.13. The molecule has 0 aromatic heterocycles. The Morgan fingerprint density at radius 1 is 1.16 bits per heavy atom. The minimum atomic E-state index is -0.346. The summed E-state index contributed by atoms with van der Waals surface area (Å²) in [5, 5.41) is 8.59. The van der Waals surface area contributed by atoms with Crippen LogP contribution in [0.1, 0.15) is 12.5 Å². The van der Waals surface area contributed by atoms with Gasteiger partial charge in [-0.25, -0.2) is 4.39 Å². The molecule has 2 nitrogen and oxygen atoms in total. The molecule has 19 heavy (non-hydrogen) atoms. The Morgan fingerprint density at radius 3 is 2.63 bits per heavy atom. The van der Waals surface area contributed by atoms with Crippen LogP contribution in [0.15, 0.2) is 42.5 Å². The number of benzene rings is 2. The molecule has 0 spiro atoms. The van der Waals surface area contributed by atoms with Crippen molar-refractivity contribution in [2.75, 3.05) is 6.61 Å². The largest absolute Gasteiger partial charge is 0.494 e. The van der Waals surface area contributed by atoms with E-state index in [0.717, 1.165) is 16.9 Å². The van der Waals surface area contributed by atoms with Crippen LogP contribution >= 0.6 is 0 Å². The number of nitriles is 1. The molecule has 0 fully saturated rings. The zero-order chi connectivity index (χ0) is 13.7. The molecular weight excluding hydrogens is 241 g/mol. The average Bonchev–Trinajstić information content (AvgIpc) is 2.42. The van der Waals surface area contributed by atoms with Crippen molar-refractivity contribution >= 4 is 0 Å². The zero-order valence-corrected chi connectivity index (χ0v) is 10.7. The standard InChI is InChI=1S/C16H14FNO/c1-2-19-15-5-3-4-13(10-15)14-7-6-12(8-9-18)16(17)11-14/h3-7,10-11H,2,8H2,1H3. The van der Waals surface area contributed by atoms with Gasteiger partial charge in [0, 0.05) is 5.56 Å². The highest BCUT2D eigenvalue weighted by molar-refractivity contribution is 5.65. The van der Waals surface area contributed by atoms with Crippen LogP contribution in [-0.2, 0) is 6.42 Å². The van der Waals surface area contributed by atoms with Gasteiger partial charge in [-0.1, -0.05) is 24.3 Å². The molecule has 0 radical (unpaired) electrons. The number of hydrogen-bond acceptors (Lipinski definition) is 2. The van der Waals surface area contributed by atoms with Crippen LogP contribution in [0, 0.1) is 17.1 Å². The third-order valence-corrected chi connectivity index (χ3v) is 2.80. The smallest absolute Gasteiger partial charge is 0.128 e. The van der Waals surface area contributed by atoms with Crippen LogP contribution in [0.2, 0.25) is 0 Å². The van der Waals surface area contributed by atoms with E-state index in [2.05, 4.69) is 0 Å². The normalized spacial score (nSPS) is 9.95. The first kappa shape index (κ1) is 13.1. The molecule has 0 amide bonds. The quantitative estimate of drug-likeness (QED) is 0.828. The zero-order valence-electron chi connectivity index (χ0n) is 10.7. The SMILES string of the molecule is CCOc1cccc(-c2ccc(CC#N)c(F)c2)c1. The van der Waals surface area contributed by atoms with Crippen LogP contribution in [0.4, 0.5) is 4.39 Å². The number of nitrogens with zero attached hydrogens (tertiary/aromatic N) is 1. The van der Waals surface area contributed by atoms with Crippen molar-refractivity contribution in [2.24, 2.45) is 0 Å². The van der Waals surface area contributed by atoms with Crippen LogP contribution < -0.4 is 4.74 Å². The maximum atomic E-state index is 13.8. The molecule has 2 aromatic rings. The van der Waals surface area contributed by atoms with Crippen LogP contribution in [0.3, 0.4) is 0 Å². The van der Waals surface area contributed by atoms with E-state index in [9.17, 15) is 4.39 Å². The van der Waals surface area contributed by atoms with Crippen LogP contribution in [-0.4, -0.2) is 6.61 Å². The molecule has 0 unspecified atom stereocenters. The van der Waals surface area contributed by atoms with Gasteiger partial charge in [0.05, 0.1) is 19.1 Å². The summed E-state index contributed by atoms with van der Waals surface area (Å²) < 4.78 is 19.2. The Balaban J connectivity index is 2.34. The van der Waals surface area contributed by atoms with Gasteiger partial charge in [0.25, 0.3) is 0 Å². The summed E-state index contributed by atoms with van der Waals surface area (Å²) in [7, 11) is 0. The summed E-state index contributed by atoms with van der Waals surface area (Å²) in [6.07, 6.45) is 0.0884. The molecule has 3 heteroatoms. The molecule has 0 N–H and O–H groups in total. The first-order chi connectivity index (χ1) is 9.24. The fourth-order valence-electron chi connectivity index (χ4n) is 1.89. The minimum Gasteiger partial charge on any atom is -0.494 e. The van der Waals surface area contributed by atoms with Gasteiger partial charge in [-0.05, 0) is 36.2 Å². The highest BCUT2D eigenvalue weighted by Gasteiger charge is 2.05. The van der Waals surface area contributed by atoms with Crippen molar-refractivity contribution < 1.29 is 9.13 Å². The second-order valence-electron chi connectivity index (χ2n) is 4.10. The molecule has 2 rings (SSSR count). The molecule has 0 saturated heterocycles. The van der Waals surface area contributed by atoms with Gasteiger partial charge in [0.2, 0.25) is 0 Å². The van der Waals surface area contributed by atoms with Crippen molar-refractivity contribution in [3.63, 3.8) is 0 Å². The van der Waals surface area contributed by atoms with E-state index in [-0.39, 0.29) is 12.2 Å². The van der Waals surface area contributed by atoms with Crippen molar-refractivity contribution in [3.05, 3.63) is 53.8 Å². The highest BCUT2D eigenvalue weighted by atomic mass is 19.1. The van der Waals surface area contributed by atoms with E-state index in [4.69, 9.17) is 10.00 Å². The monoisotopic (exact) mass is 255 g/mol. The van der Waals surface area contributed by atoms with E-state index in [1.165, 1.54) is 6.07 Å². The van der Waals surface area contributed by atoms with Crippen molar-refractivity contribution in [2.45, 2.75) is 13.3 Å². The Hall–Kier alpha value is -2.34. The first-order valence-corrected chi connectivity index (χ1v) is 6.13. The molecule has 0 heterocycles. The van der Waals surface area contributed by atoms with Crippen LogP contribution in [0.25, 0.3) is 11.1 Å². The lowest BCUT2D eigenvalue weighted by atomic mass is 10.0. The van der Waals surface area contributed by atoms with E-state index in [1.807, 2.05) is 43.3 Å². The second-order valence-corrected chi connectivity index (χ2v) is 4.10. The summed E-state index contributed by atoms with van der Waals surface area (Å²) >= 11 is 0. The molecule has 0 aliphatic rings. The molecule has 0 aliphatic carbocycles. The summed E-state index contributed by atoms with van der Waals surface area (Å²) in [5.41, 5.74) is 2.10. The summed E-state index contributed by atoms with van der Waals surface area (Å²) in [6, 6.07) is 14.4. The summed E-state index contributed by atoms with van der Waals surface area (Å²) in [5.74, 6) is 0.419. The molecule has 0 saturated carbocycles. The van der Waals surface area contributed by atoms with Crippen LogP contribution in [0.5, 0.6) is 5.75 Å². The Bertz CT molecular complexity index is 616. The van der Waals surface area contributed by atoms with Crippen molar-refractivity contribution in [3.8, 4) is 22.9 Å². The lowest BCUT2D eigenvalue weighted by molar-refractivity contribution is 0.340. The lowest BCUT2D eigenvalue weighted by Gasteiger charge is -2.07. The number of rotatable bonds is 4. The number of ether oxygens (including phenoxy) is 1. The third-order valence-electron chi connectivity index (χ3n) is 2.80. The highest BCUT2D eigenvalue weighted by Crippen LogP contribution is 2.25. The molecule has 2 aromatic carbocycles. The van der Waals surface area contributed by atoms with Gasteiger partial charge in [-0.2, -0.15) is 5.26 Å². The predicted octanol–water partition coefficient (Wildman–Crippen LogP) is 3.96. The molecule has 0 bridgehead atoms. The van der Waals surface area contributed by atoms with E-state index < -0.39 is 0 Å². The van der Waals surface area contributed by atoms with E-state index in [1.54, 1.807) is 6.07 Å².